The number of unbranched alkanes of at least 4 members (excludes halogenated alkanes) is 22. The Balaban J connectivity index is 3.19. The molecular formula is C32H62O2. The van der Waals surface area contributed by atoms with Gasteiger partial charge in [0.1, 0.15) is 0 Å². The lowest BCUT2D eigenvalue weighted by Crippen LogP contribution is -2.05. The summed E-state index contributed by atoms with van der Waals surface area (Å²) in [5.74, 6) is 0.0158. The van der Waals surface area contributed by atoms with Crippen LogP contribution in [0.5, 0.6) is 0 Å². The molecule has 0 N–H and O–H groups in total. The van der Waals surface area contributed by atoms with Crippen LogP contribution in [0.15, 0.2) is 12.2 Å². The molecule has 0 bridgehead atoms. The molecule has 0 saturated heterocycles. The van der Waals surface area contributed by atoms with Gasteiger partial charge in [0.05, 0.1) is 6.61 Å². The third-order valence-electron chi connectivity index (χ3n) is 6.90. The van der Waals surface area contributed by atoms with E-state index in [0.29, 0.717) is 13.0 Å². The first-order valence-electron chi connectivity index (χ1n) is 15.6. The van der Waals surface area contributed by atoms with Gasteiger partial charge in [0.25, 0.3) is 0 Å². The molecule has 0 radical (unpaired) electrons. The first-order valence-corrected chi connectivity index (χ1v) is 15.6. The SMILES string of the molecule is CCCCCCCCC/C=C/CCCCCCCOC(=O)CCCCCCCCCCCCC. The number of hydrogen-bond acceptors (Lipinski definition) is 2. The Kier molecular flexibility index (Phi) is 29.5. The number of allylic oxidation sites excluding steroid dienone is 2. The molecule has 0 atom stereocenters. The van der Waals surface area contributed by atoms with E-state index >= 15 is 0 Å². The van der Waals surface area contributed by atoms with Gasteiger partial charge in [-0.05, 0) is 38.5 Å². The van der Waals surface area contributed by atoms with Crippen molar-refractivity contribution in [2.45, 2.75) is 181 Å². The first kappa shape index (κ1) is 33.2. The van der Waals surface area contributed by atoms with Gasteiger partial charge in [-0.15, -0.1) is 0 Å². The predicted molar refractivity (Wildman–Crippen MR) is 151 cm³/mol. The Hall–Kier alpha value is -0.790. The maximum atomic E-state index is 11.8. The molecule has 0 aromatic heterocycles. The van der Waals surface area contributed by atoms with Crippen LogP contribution in [0.25, 0.3) is 0 Å². The van der Waals surface area contributed by atoms with E-state index in [-0.39, 0.29) is 5.97 Å². The Bertz CT molecular complexity index is 415. The van der Waals surface area contributed by atoms with Crippen LogP contribution < -0.4 is 0 Å². The fourth-order valence-corrected chi connectivity index (χ4v) is 4.54. The number of carbonyl (C=O) groups excluding carboxylic acids is 1. The lowest BCUT2D eigenvalue weighted by atomic mass is 10.1. The van der Waals surface area contributed by atoms with Crippen LogP contribution in [0.1, 0.15) is 181 Å². The van der Waals surface area contributed by atoms with Gasteiger partial charge in [-0.25, -0.2) is 0 Å². The molecule has 0 aromatic carbocycles. The molecule has 34 heavy (non-hydrogen) atoms. The molecule has 202 valence electrons. The second kappa shape index (κ2) is 30.2. The van der Waals surface area contributed by atoms with Crippen LogP contribution in [-0.4, -0.2) is 12.6 Å². The molecule has 0 aromatic rings. The van der Waals surface area contributed by atoms with Gasteiger partial charge in [0, 0.05) is 6.42 Å². The Morgan fingerprint density at radius 1 is 0.471 bits per heavy atom. The molecule has 2 heteroatoms. The van der Waals surface area contributed by atoms with Crippen LogP contribution >= 0.6 is 0 Å². The van der Waals surface area contributed by atoms with Gasteiger partial charge < -0.3 is 4.74 Å². The van der Waals surface area contributed by atoms with Gasteiger partial charge in [0.15, 0.2) is 0 Å². The Morgan fingerprint density at radius 2 is 0.824 bits per heavy atom. The molecule has 0 spiro atoms. The highest BCUT2D eigenvalue weighted by Gasteiger charge is 2.02. The highest BCUT2D eigenvalue weighted by atomic mass is 16.5. The van der Waals surface area contributed by atoms with E-state index < -0.39 is 0 Å². The summed E-state index contributed by atoms with van der Waals surface area (Å²) in [6, 6.07) is 0. The summed E-state index contributed by atoms with van der Waals surface area (Å²) < 4.78 is 5.40. The predicted octanol–water partition coefficient (Wildman–Crippen LogP) is 11.3. The Labute approximate surface area is 215 Å². The molecule has 0 amide bonds. The summed E-state index contributed by atoms with van der Waals surface area (Å²) in [4.78, 5) is 11.8. The van der Waals surface area contributed by atoms with Crippen molar-refractivity contribution < 1.29 is 9.53 Å². The molecule has 0 heterocycles. The van der Waals surface area contributed by atoms with Crippen LogP contribution in [0.2, 0.25) is 0 Å². The van der Waals surface area contributed by atoms with E-state index in [1.807, 2.05) is 0 Å². The van der Waals surface area contributed by atoms with Crippen molar-refractivity contribution in [3.63, 3.8) is 0 Å². The highest BCUT2D eigenvalue weighted by Crippen LogP contribution is 2.13. The van der Waals surface area contributed by atoms with Crippen molar-refractivity contribution in [2.75, 3.05) is 6.61 Å². The highest BCUT2D eigenvalue weighted by molar-refractivity contribution is 5.69. The van der Waals surface area contributed by atoms with Gasteiger partial charge in [-0.1, -0.05) is 148 Å². The van der Waals surface area contributed by atoms with Crippen molar-refractivity contribution in [1.29, 1.82) is 0 Å². The standard InChI is InChI=1S/C32H62O2/c1-3-5-7-9-11-13-15-16-17-18-19-21-23-25-27-29-31-34-32(33)30-28-26-24-22-20-14-12-10-8-6-4-2/h17-18H,3-16,19-31H2,1-2H3/b18-17+. The average molecular weight is 479 g/mol. The minimum absolute atomic E-state index is 0.0158. The van der Waals surface area contributed by atoms with Crippen molar-refractivity contribution in [3.05, 3.63) is 12.2 Å². The van der Waals surface area contributed by atoms with Crippen molar-refractivity contribution in [2.24, 2.45) is 0 Å². The monoisotopic (exact) mass is 478 g/mol. The quantitative estimate of drug-likeness (QED) is 0.0634. The van der Waals surface area contributed by atoms with E-state index in [0.717, 1.165) is 12.8 Å². The third-order valence-corrected chi connectivity index (χ3v) is 6.90. The lowest BCUT2D eigenvalue weighted by molar-refractivity contribution is -0.143. The molecule has 0 aliphatic heterocycles. The van der Waals surface area contributed by atoms with Gasteiger partial charge in [-0.2, -0.15) is 0 Å². The number of hydrogen-bond donors (Lipinski definition) is 0. The summed E-state index contributed by atoms with van der Waals surface area (Å²) in [5, 5.41) is 0. The normalized spacial score (nSPS) is 11.5. The van der Waals surface area contributed by atoms with E-state index in [1.165, 1.54) is 148 Å². The van der Waals surface area contributed by atoms with Gasteiger partial charge in [0.2, 0.25) is 0 Å². The second-order valence-corrected chi connectivity index (χ2v) is 10.4. The van der Waals surface area contributed by atoms with Crippen LogP contribution in [-0.2, 0) is 9.53 Å². The van der Waals surface area contributed by atoms with Crippen molar-refractivity contribution in [3.8, 4) is 0 Å². The van der Waals surface area contributed by atoms with E-state index in [4.69, 9.17) is 4.74 Å². The zero-order valence-corrected chi connectivity index (χ0v) is 23.6. The molecule has 0 rings (SSSR count). The minimum atomic E-state index is 0.0158. The fourth-order valence-electron chi connectivity index (χ4n) is 4.54. The lowest BCUT2D eigenvalue weighted by Gasteiger charge is -2.05. The number of rotatable bonds is 28. The number of carbonyl (C=O) groups is 1. The maximum absolute atomic E-state index is 11.8. The second-order valence-electron chi connectivity index (χ2n) is 10.4. The number of ether oxygens (including phenoxy) is 1. The van der Waals surface area contributed by atoms with Crippen LogP contribution in [0.3, 0.4) is 0 Å². The summed E-state index contributed by atoms with van der Waals surface area (Å²) in [6.07, 6.45) is 38.2. The number of esters is 1. The van der Waals surface area contributed by atoms with Crippen LogP contribution in [0, 0.1) is 0 Å². The first-order chi connectivity index (χ1) is 16.8. The van der Waals surface area contributed by atoms with Crippen molar-refractivity contribution in [1.82, 2.24) is 0 Å². The molecule has 0 unspecified atom stereocenters. The largest absolute Gasteiger partial charge is 0.466 e. The van der Waals surface area contributed by atoms with E-state index in [2.05, 4.69) is 26.0 Å². The summed E-state index contributed by atoms with van der Waals surface area (Å²) in [7, 11) is 0. The fraction of sp³-hybridized carbons (Fsp3) is 0.906. The average Bonchev–Trinajstić information content (AvgIpc) is 2.84. The minimum Gasteiger partial charge on any atom is -0.466 e. The molecule has 2 nitrogen and oxygen atoms in total. The smallest absolute Gasteiger partial charge is 0.305 e. The molecule has 0 aliphatic carbocycles. The summed E-state index contributed by atoms with van der Waals surface area (Å²) in [6.45, 7) is 5.17. The maximum Gasteiger partial charge on any atom is 0.305 e. The van der Waals surface area contributed by atoms with Gasteiger partial charge >= 0.3 is 5.97 Å². The van der Waals surface area contributed by atoms with Crippen molar-refractivity contribution >= 4 is 5.97 Å². The molecule has 0 saturated carbocycles. The topological polar surface area (TPSA) is 26.3 Å². The third kappa shape index (κ3) is 29.2. The van der Waals surface area contributed by atoms with E-state index in [9.17, 15) is 4.79 Å². The Morgan fingerprint density at radius 3 is 1.26 bits per heavy atom. The zero-order chi connectivity index (χ0) is 24.8. The van der Waals surface area contributed by atoms with Crippen LogP contribution in [0.4, 0.5) is 0 Å². The van der Waals surface area contributed by atoms with Gasteiger partial charge in [-0.3, -0.25) is 4.79 Å². The molecule has 0 fully saturated rings. The molecular weight excluding hydrogens is 416 g/mol. The van der Waals surface area contributed by atoms with E-state index in [1.54, 1.807) is 0 Å². The molecule has 0 aliphatic rings. The zero-order valence-electron chi connectivity index (χ0n) is 23.6. The summed E-state index contributed by atoms with van der Waals surface area (Å²) >= 11 is 0. The summed E-state index contributed by atoms with van der Waals surface area (Å²) in [5.41, 5.74) is 0.